The average Bonchev–Trinajstić information content (AvgIpc) is 3.14. The number of ketones is 1. The van der Waals surface area contributed by atoms with Crippen molar-refractivity contribution in [1.29, 1.82) is 0 Å². The predicted octanol–water partition coefficient (Wildman–Crippen LogP) is 10.8. The van der Waals surface area contributed by atoms with Crippen molar-refractivity contribution in [1.82, 2.24) is 0 Å². The van der Waals surface area contributed by atoms with Gasteiger partial charge in [-0.1, -0.05) is 153 Å². The number of esters is 2. The van der Waals surface area contributed by atoms with Gasteiger partial charge in [0.1, 0.15) is 19.8 Å². The van der Waals surface area contributed by atoms with Gasteiger partial charge in [-0.05, 0) is 44.6 Å². The number of hydrogen-bond acceptors (Lipinski definition) is 9. The third-order valence-electron chi connectivity index (χ3n) is 9.08. The quantitative estimate of drug-likeness (QED) is 0.0113. The van der Waals surface area contributed by atoms with E-state index >= 15 is 0 Å². The van der Waals surface area contributed by atoms with Crippen molar-refractivity contribution in [3.63, 3.8) is 0 Å². The van der Waals surface area contributed by atoms with Crippen LogP contribution in [-0.4, -0.2) is 75.8 Å². The zero-order valence-electron chi connectivity index (χ0n) is 36.1. The van der Waals surface area contributed by atoms with Crippen LogP contribution in [0.4, 0.5) is 0 Å². The summed E-state index contributed by atoms with van der Waals surface area (Å²) < 4.78 is 33.8. The van der Waals surface area contributed by atoms with Crippen molar-refractivity contribution < 1.29 is 46.8 Å². The fourth-order valence-corrected chi connectivity index (χ4v) is 6.33. The molecule has 0 aromatic heterocycles. The van der Waals surface area contributed by atoms with Crippen LogP contribution in [0.25, 0.3) is 0 Å². The fourth-order valence-electron chi connectivity index (χ4n) is 5.60. The Kier molecular flexibility index (Phi) is 35.4. The Hall–Kier alpha value is -2.36. The summed E-state index contributed by atoms with van der Waals surface area (Å²) >= 11 is 0. The molecule has 0 saturated heterocycles. The topological polar surface area (TPSA) is 128 Å². The summed E-state index contributed by atoms with van der Waals surface area (Å²) in [5.74, 6) is -0.767. The SMILES string of the molecule is CCCCCCCCCCCCCCCCC(=O)OC[C@H](COP(=O)([O-])OCC[N+](C)(C)C)OC(=O)CCC/C=C\C/C=C\C/C=C\C=C\C(=O)CCCCC. The maximum absolute atomic E-state index is 12.6. The molecule has 0 saturated carbocycles. The molecule has 0 aliphatic heterocycles. The number of phosphoric acid groups is 1. The highest BCUT2D eigenvalue weighted by atomic mass is 31.2. The summed E-state index contributed by atoms with van der Waals surface area (Å²) in [7, 11) is 1.09. The first-order valence-electron chi connectivity index (χ1n) is 21.8. The van der Waals surface area contributed by atoms with Crippen molar-refractivity contribution in [3.05, 3.63) is 48.6 Å². The first-order chi connectivity index (χ1) is 26.9. The number of carbonyl (C=O) groups is 3. The highest BCUT2D eigenvalue weighted by Gasteiger charge is 2.21. The van der Waals surface area contributed by atoms with Crippen LogP contribution in [0.2, 0.25) is 0 Å². The lowest BCUT2D eigenvalue weighted by molar-refractivity contribution is -0.870. The second-order valence-corrected chi connectivity index (χ2v) is 17.2. The van der Waals surface area contributed by atoms with Gasteiger partial charge >= 0.3 is 11.9 Å². The molecule has 0 aromatic carbocycles. The third kappa shape index (κ3) is 39.9. The van der Waals surface area contributed by atoms with E-state index in [0.29, 0.717) is 36.7 Å². The number of likely N-dealkylation sites (N-methyl/N-ethyl adjacent to an activating group) is 1. The van der Waals surface area contributed by atoms with E-state index in [0.717, 1.165) is 44.9 Å². The Morgan fingerprint density at radius 1 is 0.607 bits per heavy atom. The number of carbonyl (C=O) groups excluding carboxylic acids is 3. The molecule has 0 aliphatic rings. The van der Waals surface area contributed by atoms with Gasteiger partial charge in [0.25, 0.3) is 7.82 Å². The van der Waals surface area contributed by atoms with Gasteiger partial charge in [-0.3, -0.25) is 18.9 Å². The molecule has 0 bridgehead atoms. The van der Waals surface area contributed by atoms with Crippen LogP contribution in [-0.2, 0) is 37.5 Å². The minimum atomic E-state index is -4.65. The number of unbranched alkanes of at least 4 members (excludes halogenated alkanes) is 16. The van der Waals surface area contributed by atoms with Crippen LogP contribution >= 0.6 is 7.82 Å². The molecule has 0 radical (unpaired) electrons. The molecule has 0 amide bonds. The molecular formula is C45H80NO9P. The van der Waals surface area contributed by atoms with E-state index < -0.39 is 32.5 Å². The van der Waals surface area contributed by atoms with Crippen LogP contribution in [0.1, 0.15) is 168 Å². The summed E-state index contributed by atoms with van der Waals surface area (Å²) in [6, 6.07) is 0. The summed E-state index contributed by atoms with van der Waals surface area (Å²) in [5.41, 5.74) is 0. The Bertz CT molecular complexity index is 1160. The van der Waals surface area contributed by atoms with E-state index in [1.54, 1.807) is 12.2 Å². The maximum Gasteiger partial charge on any atom is 0.306 e. The van der Waals surface area contributed by atoms with Crippen molar-refractivity contribution in [2.45, 2.75) is 174 Å². The second-order valence-electron chi connectivity index (χ2n) is 15.7. The predicted molar refractivity (Wildman–Crippen MR) is 227 cm³/mol. The van der Waals surface area contributed by atoms with Crippen molar-refractivity contribution in [3.8, 4) is 0 Å². The number of phosphoric ester groups is 1. The molecule has 0 rings (SSSR count). The minimum absolute atomic E-state index is 0.0522. The lowest BCUT2D eigenvalue weighted by atomic mass is 10.0. The molecule has 0 aromatic rings. The molecule has 0 N–H and O–H groups in total. The Labute approximate surface area is 341 Å². The van der Waals surface area contributed by atoms with E-state index in [9.17, 15) is 23.8 Å². The van der Waals surface area contributed by atoms with Crippen LogP contribution in [0.15, 0.2) is 48.6 Å². The normalized spacial score (nSPS) is 14.0. The first-order valence-corrected chi connectivity index (χ1v) is 23.3. The molecule has 0 heterocycles. The van der Waals surface area contributed by atoms with E-state index in [4.69, 9.17) is 18.5 Å². The highest BCUT2D eigenvalue weighted by molar-refractivity contribution is 7.45. The summed E-state index contributed by atoms with van der Waals surface area (Å²) in [6.45, 7) is 3.97. The molecule has 56 heavy (non-hydrogen) atoms. The standard InChI is InChI=1S/C45H80NO9P/c1-6-8-10-11-12-13-14-15-16-19-22-25-28-32-36-44(48)52-40-43(41-54-56(50,51)53-39-38-46(3,4)5)55-45(49)37-33-29-26-23-20-17-18-21-24-27-31-35-42(47)34-30-9-7-2/h17-18,23-24,26-27,31,35,43H,6-16,19-22,25,28-30,32-34,36-41H2,1-5H3/b18-17-,26-23-,27-24-,35-31+/t43-/m1/s1. The van der Waals surface area contributed by atoms with Crippen LogP contribution in [0.5, 0.6) is 0 Å². The van der Waals surface area contributed by atoms with Crippen molar-refractivity contribution in [2.75, 3.05) is 47.5 Å². The smallest absolute Gasteiger partial charge is 0.306 e. The van der Waals surface area contributed by atoms with Gasteiger partial charge < -0.3 is 27.9 Å². The summed E-state index contributed by atoms with van der Waals surface area (Å²) in [4.78, 5) is 49.2. The molecule has 0 fully saturated rings. The van der Waals surface area contributed by atoms with Crippen molar-refractivity contribution >= 4 is 25.5 Å². The number of nitrogens with zero attached hydrogens (tertiary/aromatic N) is 1. The van der Waals surface area contributed by atoms with Gasteiger partial charge in [-0.15, -0.1) is 0 Å². The zero-order valence-corrected chi connectivity index (χ0v) is 37.0. The molecule has 0 aliphatic carbocycles. The van der Waals surface area contributed by atoms with Gasteiger partial charge in [-0.2, -0.15) is 0 Å². The maximum atomic E-state index is 12.6. The monoisotopic (exact) mass is 810 g/mol. The van der Waals surface area contributed by atoms with Gasteiger partial charge in [0, 0.05) is 19.3 Å². The lowest BCUT2D eigenvalue weighted by Gasteiger charge is -2.28. The van der Waals surface area contributed by atoms with Crippen LogP contribution in [0, 0.1) is 0 Å². The number of rotatable bonds is 39. The average molecular weight is 810 g/mol. The minimum Gasteiger partial charge on any atom is -0.756 e. The first kappa shape index (κ1) is 53.6. The van der Waals surface area contributed by atoms with Gasteiger partial charge in [0.2, 0.25) is 0 Å². The molecule has 0 spiro atoms. The van der Waals surface area contributed by atoms with E-state index in [2.05, 4.69) is 26.0 Å². The van der Waals surface area contributed by atoms with E-state index in [-0.39, 0.29) is 31.8 Å². The largest absolute Gasteiger partial charge is 0.756 e. The number of quaternary nitrogens is 1. The van der Waals surface area contributed by atoms with Crippen LogP contribution < -0.4 is 4.89 Å². The number of hydrogen-bond donors (Lipinski definition) is 0. The van der Waals surface area contributed by atoms with Gasteiger partial charge in [0.15, 0.2) is 11.9 Å². The molecule has 11 heteroatoms. The molecular weight excluding hydrogens is 729 g/mol. The summed E-state index contributed by atoms with van der Waals surface area (Å²) in [6.07, 6.45) is 38.4. The molecule has 2 atom stereocenters. The van der Waals surface area contributed by atoms with Gasteiger partial charge in [0.05, 0.1) is 27.7 Å². The number of ether oxygens (including phenoxy) is 2. The van der Waals surface area contributed by atoms with E-state index in [1.165, 1.54) is 70.6 Å². The molecule has 1 unspecified atom stereocenters. The fraction of sp³-hybridized carbons (Fsp3) is 0.756. The van der Waals surface area contributed by atoms with Crippen LogP contribution in [0.3, 0.4) is 0 Å². The lowest BCUT2D eigenvalue weighted by Crippen LogP contribution is -2.37. The Balaban J connectivity index is 4.51. The Morgan fingerprint density at radius 2 is 1.12 bits per heavy atom. The second kappa shape index (κ2) is 36.9. The molecule has 324 valence electrons. The van der Waals surface area contributed by atoms with E-state index in [1.807, 2.05) is 45.4 Å². The Morgan fingerprint density at radius 3 is 1.73 bits per heavy atom. The third-order valence-corrected chi connectivity index (χ3v) is 10.0. The molecule has 10 nitrogen and oxygen atoms in total. The summed E-state index contributed by atoms with van der Waals surface area (Å²) in [5, 5.41) is 0. The zero-order chi connectivity index (χ0) is 41.6. The number of allylic oxidation sites excluding steroid dienone is 8. The van der Waals surface area contributed by atoms with Crippen molar-refractivity contribution in [2.24, 2.45) is 0 Å². The highest BCUT2D eigenvalue weighted by Crippen LogP contribution is 2.38. The van der Waals surface area contributed by atoms with Gasteiger partial charge in [-0.25, -0.2) is 0 Å².